The van der Waals surface area contributed by atoms with Gasteiger partial charge in [-0.15, -0.1) is 0 Å². The maximum absolute atomic E-state index is 13.0. The van der Waals surface area contributed by atoms with E-state index in [0.29, 0.717) is 22.8 Å². The number of hydrogen-bond acceptors (Lipinski definition) is 6. The van der Waals surface area contributed by atoms with Gasteiger partial charge in [0.2, 0.25) is 0 Å². The van der Waals surface area contributed by atoms with Crippen LogP contribution in [0.4, 0.5) is 18.9 Å². The van der Waals surface area contributed by atoms with Crippen LogP contribution in [0.15, 0.2) is 48.5 Å². The van der Waals surface area contributed by atoms with Gasteiger partial charge in [-0.3, -0.25) is 9.69 Å². The van der Waals surface area contributed by atoms with Crippen molar-refractivity contribution in [2.45, 2.75) is 43.8 Å². The molecule has 37 heavy (non-hydrogen) atoms. The molecular formula is C26H30ClF3N4O3. The SMILES string of the molecule is CNC(=O)c1ccccc1N1C[C@H](NC2CCN(Cc3ccc(Cl)cc3)CC2)[C@@H](OC(=O)C(F)(F)F)C1. The predicted molar refractivity (Wildman–Crippen MR) is 135 cm³/mol. The molecule has 0 unspecified atom stereocenters. The first-order chi connectivity index (χ1) is 17.6. The van der Waals surface area contributed by atoms with Crippen molar-refractivity contribution in [2.24, 2.45) is 0 Å². The first-order valence-corrected chi connectivity index (χ1v) is 12.6. The maximum atomic E-state index is 13.0. The first kappa shape index (κ1) is 27.2. The molecule has 0 radical (unpaired) electrons. The number of halogens is 4. The molecule has 0 aliphatic carbocycles. The van der Waals surface area contributed by atoms with Gasteiger partial charge in [0, 0.05) is 36.9 Å². The van der Waals surface area contributed by atoms with Gasteiger partial charge in [0.25, 0.3) is 5.91 Å². The summed E-state index contributed by atoms with van der Waals surface area (Å²) in [5.41, 5.74) is 2.15. The van der Waals surface area contributed by atoms with Crippen molar-refractivity contribution >= 4 is 29.2 Å². The molecule has 0 saturated carbocycles. The Balaban J connectivity index is 1.42. The molecule has 200 valence electrons. The molecule has 11 heteroatoms. The Morgan fingerprint density at radius 1 is 1.05 bits per heavy atom. The van der Waals surface area contributed by atoms with Crippen LogP contribution in [-0.2, 0) is 16.1 Å². The van der Waals surface area contributed by atoms with Crippen LogP contribution in [-0.4, -0.2) is 74.4 Å². The third kappa shape index (κ3) is 6.94. The fourth-order valence-electron chi connectivity index (χ4n) is 4.94. The third-order valence-electron chi connectivity index (χ3n) is 6.83. The molecule has 2 aliphatic rings. The second-order valence-electron chi connectivity index (χ2n) is 9.39. The van der Waals surface area contributed by atoms with E-state index in [0.717, 1.165) is 38.0 Å². The van der Waals surface area contributed by atoms with E-state index in [-0.39, 0.29) is 18.5 Å². The number of piperidine rings is 1. The van der Waals surface area contributed by atoms with E-state index in [4.69, 9.17) is 16.3 Å². The topological polar surface area (TPSA) is 73.9 Å². The molecule has 2 atom stereocenters. The number of ether oxygens (including phenoxy) is 1. The summed E-state index contributed by atoms with van der Waals surface area (Å²) in [6.45, 7) is 2.79. The summed E-state index contributed by atoms with van der Waals surface area (Å²) < 4.78 is 43.9. The van der Waals surface area contributed by atoms with E-state index in [1.807, 2.05) is 24.3 Å². The number of esters is 1. The average Bonchev–Trinajstić information content (AvgIpc) is 3.27. The van der Waals surface area contributed by atoms with Crippen LogP contribution in [0.1, 0.15) is 28.8 Å². The zero-order valence-corrected chi connectivity index (χ0v) is 21.2. The van der Waals surface area contributed by atoms with Crippen LogP contribution in [0.25, 0.3) is 0 Å². The van der Waals surface area contributed by atoms with Crippen LogP contribution in [0.3, 0.4) is 0 Å². The second kappa shape index (κ2) is 11.7. The summed E-state index contributed by atoms with van der Waals surface area (Å²) in [6.07, 6.45) is -4.48. The van der Waals surface area contributed by atoms with Gasteiger partial charge in [-0.05, 0) is 55.8 Å². The Bertz CT molecular complexity index is 1090. The number of nitrogens with one attached hydrogen (secondary N) is 2. The van der Waals surface area contributed by atoms with E-state index in [1.54, 1.807) is 29.2 Å². The number of alkyl halides is 3. The van der Waals surface area contributed by atoms with Crippen LogP contribution < -0.4 is 15.5 Å². The Labute approximate surface area is 218 Å². The number of anilines is 1. The van der Waals surface area contributed by atoms with E-state index < -0.39 is 24.3 Å². The normalized spacial score (nSPS) is 21.2. The number of nitrogens with zero attached hydrogens (tertiary/aromatic N) is 2. The minimum Gasteiger partial charge on any atom is -0.452 e. The highest BCUT2D eigenvalue weighted by molar-refractivity contribution is 6.30. The Kier molecular flexibility index (Phi) is 8.61. The van der Waals surface area contributed by atoms with Gasteiger partial charge in [-0.1, -0.05) is 35.9 Å². The van der Waals surface area contributed by atoms with Crippen LogP contribution in [0, 0.1) is 0 Å². The van der Waals surface area contributed by atoms with E-state index in [9.17, 15) is 22.8 Å². The Morgan fingerprint density at radius 3 is 2.38 bits per heavy atom. The van der Waals surface area contributed by atoms with Crippen molar-refractivity contribution < 1.29 is 27.5 Å². The molecule has 2 fully saturated rings. The number of amides is 1. The molecule has 4 rings (SSSR count). The lowest BCUT2D eigenvalue weighted by Crippen LogP contribution is -2.51. The highest BCUT2D eigenvalue weighted by Gasteiger charge is 2.46. The molecule has 2 aromatic rings. The van der Waals surface area contributed by atoms with Gasteiger partial charge < -0.3 is 20.3 Å². The molecule has 2 heterocycles. The van der Waals surface area contributed by atoms with Crippen molar-refractivity contribution in [3.63, 3.8) is 0 Å². The van der Waals surface area contributed by atoms with Crippen molar-refractivity contribution in [3.8, 4) is 0 Å². The zero-order valence-electron chi connectivity index (χ0n) is 20.4. The molecule has 2 aliphatic heterocycles. The number of carbonyl (C=O) groups is 2. The minimum absolute atomic E-state index is 0.0445. The highest BCUT2D eigenvalue weighted by atomic mass is 35.5. The molecular weight excluding hydrogens is 509 g/mol. The van der Waals surface area contributed by atoms with Crippen LogP contribution in [0.5, 0.6) is 0 Å². The van der Waals surface area contributed by atoms with Crippen molar-refractivity contribution in [1.29, 1.82) is 0 Å². The lowest BCUT2D eigenvalue weighted by Gasteiger charge is -2.34. The fourth-order valence-corrected chi connectivity index (χ4v) is 5.06. The molecule has 2 N–H and O–H groups in total. The van der Waals surface area contributed by atoms with Crippen molar-refractivity contribution in [1.82, 2.24) is 15.5 Å². The lowest BCUT2D eigenvalue weighted by atomic mass is 10.0. The number of rotatable bonds is 7. The molecule has 0 spiro atoms. The monoisotopic (exact) mass is 538 g/mol. The van der Waals surface area contributed by atoms with Crippen molar-refractivity contribution in [3.05, 3.63) is 64.7 Å². The zero-order chi connectivity index (χ0) is 26.6. The molecule has 1 amide bonds. The van der Waals surface area contributed by atoms with Gasteiger partial charge in [-0.2, -0.15) is 13.2 Å². The quantitative estimate of drug-likeness (QED) is 0.525. The van der Waals surface area contributed by atoms with E-state index in [2.05, 4.69) is 15.5 Å². The van der Waals surface area contributed by atoms with Gasteiger partial charge in [-0.25, -0.2) is 4.79 Å². The average molecular weight is 539 g/mol. The highest BCUT2D eigenvalue weighted by Crippen LogP contribution is 2.29. The maximum Gasteiger partial charge on any atom is 0.490 e. The molecule has 0 bridgehead atoms. The molecule has 2 aromatic carbocycles. The second-order valence-corrected chi connectivity index (χ2v) is 9.83. The lowest BCUT2D eigenvalue weighted by molar-refractivity contribution is -0.204. The number of likely N-dealkylation sites (tertiary alicyclic amines) is 1. The number of carbonyl (C=O) groups excluding carboxylic acids is 2. The Hall–Kier alpha value is -2.82. The van der Waals surface area contributed by atoms with Gasteiger partial charge in [0.15, 0.2) is 0 Å². The van der Waals surface area contributed by atoms with Crippen LogP contribution in [0.2, 0.25) is 5.02 Å². The van der Waals surface area contributed by atoms with E-state index in [1.165, 1.54) is 7.05 Å². The molecule has 0 aromatic heterocycles. The Morgan fingerprint density at radius 2 is 1.73 bits per heavy atom. The van der Waals surface area contributed by atoms with Gasteiger partial charge >= 0.3 is 12.1 Å². The van der Waals surface area contributed by atoms with E-state index >= 15 is 0 Å². The standard InChI is InChI=1S/C26H30ClF3N4O3/c1-31-24(35)20-4-2-3-5-22(20)34-15-21(23(16-34)37-25(36)26(28,29)30)32-19-10-12-33(13-11-19)14-17-6-8-18(27)9-7-17/h2-9,19,21,23,32H,10-16H2,1H3,(H,31,35)/t21-,23-/m0/s1. The third-order valence-corrected chi connectivity index (χ3v) is 7.08. The summed E-state index contributed by atoms with van der Waals surface area (Å²) in [5.74, 6) is -2.51. The smallest absolute Gasteiger partial charge is 0.452 e. The number of benzene rings is 2. The van der Waals surface area contributed by atoms with Gasteiger partial charge in [0.1, 0.15) is 6.10 Å². The minimum atomic E-state index is -5.08. The predicted octanol–water partition coefficient (Wildman–Crippen LogP) is 3.62. The first-order valence-electron chi connectivity index (χ1n) is 12.2. The summed E-state index contributed by atoms with van der Waals surface area (Å²) in [5, 5.41) is 6.72. The molecule has 2 saturated heterocycles. The molecule has 7 nitrogen and oxygen atoms in total. The largest absolute Gasteiger partial charge is 0.490 e. The summed E-state index contributed by atoms with van der Waals surface area (Å²) >= 11 is 5.96. The summed E-state index contributed by atoms with van der Waals surface area (Å²) in [4.78, 5) is 28.2. The van der Waals surface area contributed by atoms with Crippen LogP contribution >= 0.6 is 11.6 Å². The fraction of sp³-hybridized carbons (Fsp3) is 0.462. The van der Waals surface area contributed by atoms with Crippen molar-refractivity contribution in [2.75, 3.05) is 38.1 Å². The number of hydrogen-bond donors (Lipinski definition) is 2. The summed E-state index contributed by atoms with van der Waals surface area (Å²) in [6, 6.07) is 14.1. The van der Waals surface area contributed by atoms with Gasteiger partial charge in [0.05, 0.1) is 18.2 Å². The number of para-hydroxylation sites is 1. The summed E-state index contributed by atoms with van der Waals surface area (Å²) in [7, 11) is 1.51.